The minimum absolute atomic E-state index is 0.00798. The average Bonchev–Trinajstić information content (AvgIpc) is 2.84. The monoisotopic (exact) mass is 474 g/mol. The summed E-state index contributed by atoms with van der Waals surface area (Å²) in [5, 5.41) is 3.88. The van der Waals surface area contributed by atoms with E-state index in [1.54, 1.807) is 19.5 Å². The summed E-state index contributed by atoms with van der Waals surface area (Å²) in [6, 6.07) is 9.84. The van der Waals surface area contributed by atoms with E-state index in [0.29, 0.717) is 18.9 Å². The average molecular weight is 475 g/mol. The summed E-state index contributed by atoms with van der Waals surface area (Å²) in [6.45, 7) is 12.2. The third-order valence-electron chi connectivity index (χ3n) is 5.79. The molecule has 2 heterocycles. The van der Waals surface area contributed by atoms with Gasteiger partial charge in [0.15, 0.2) is 0 Å². The topological polar surface area (TPSA) is 85.7 Å². The van der Waals surface area contributed by atoms with Gasteiger partial charge in [0.05, 0.1) is 19.3 Å². The van der Waals surface area contributed by atoms with Crippen LogP contribution in [0.5, 0.6) is 5.75 Å². The Morgan fingerprint density at radius 1 is 1.23 bits per heavy atom. The van der Waals surface area contributed by atoms with Crippen LogP contribution in [0.15, 0.2) is 47.3 Å². The van der Waals surface area contributed by atoms with E-state index in [1.165, 1.54) is 0 Å². The van der Waals surface area contributed by atoms with Gasteiger partial charge in [0.25, 0.3) is 0 Å². The number of carbonyl (C=O) groups is 1. The summed E-state index contributed by atoms with van der Waals surface area (Å²) < 4.78 is 11.8. The highest BCUT2D eigenvalue weighted by Crippen LogP contribution is 2.33. The minimum Gasteiger partial charge on any atom is -0.499 e. The zero-order chi connectivity index (χ0) is 25.5. The van der Waals surface area contributed by atoms with Crippen LogP contribution in [0.3, 0.4) is 0 Å². The van der Waals surface area contributed by atoms with Gasteiger partial charge >= 0.3 is 0 Å². The molecule has 0 aliphatic rings. The fraction of sp³-hybridized carbons (Fsp3) is 0.357. The molecule has 0 saturated heterocycles. The van der Waals surface area contributed by atoms with E-state index in [1.807, 2.05) is 71.9 Å². The molecule has 1 aromatic carbocycles. The Balaban J connectivity index is 1.99. The Labute approximate surface area is 207 Å². The van der Waals surface area contributed by atoms with Gasteiger partial charge in [-0.15, -0.1) is 0 Å². The Bertz CT molecular complexity index is 1280. The number of benzene rings is 1. The molecule has 0 atom stereocenters. The lowest BCUT2D eigenvalue weighted by Gasteiger charge is -2.16. The van der Waals surface area contributed by atoms with Crippen LogP contribution in [0, 0.1) is 19.8 Å². The van der Waals surface area contributed by atoms with Crippen molar-refractivity contribution >= 4 is 28.7 Å². The van der Waals surface area contributed by atoms with Crippen molar-refractivity contribution in [3.63, 3.8) is 0 Å². The standard InChI is InChI=1S/C28H34N4O3/c1-8-29-26(20(6)34-7)22-14-19(5)32-27-21(22)10-9-11-25(27)35-16-23-18(4)12-13-30-24(23)15-31-28(33)17(2)3/h8-14,17H,15-16H2,1-7H3,(H,31,33)/b26-20+,29-8-. The van der Waals surface area contributed by atoms with Crippen molar-refractivity contribution in [3.8, 4) is 5.75 Å². The van der Waals surface area contributed by atoms with E-state index in [0.717, 1.165) is 50.4 Å². The zero-order valence-corrected chi connectivity index (χ0v) is 21.6. The van der Waals surface area contributed by atoms with E-state index in [9.17, 15) is 4.79 Å². The van der Waals surface area contributed by atoms with Gasteiger partial charge in [-0.05, 0) is 51.5 Å². The molecule has 35 heavy (non-hydrogen) atoms. The number of hydrogen-bond acceptors (Lipinski definition) is 6. The number of aliphatic imine (C=N–C) groups is 1. The predicted octanol–water partition coefficient (Wildman–Crippen LogP) is 5.52. The Hall–Kier alpha value is -3.74. The molecule has 1 amide bonds. The SMILES string of the molecule is C/C=N\C(=C(/C)OC)c1cc(C)nc2c(OCc3c(C)ccnc3CNC(=O)C(C)C)cccc12. The number of nitrogens with one attached hydrogen (secondary N) is 1. The van der Waals surface area contributed by atoms with Gasteiger partial charge < -0.3 is 14.8 Å². The molecule has 0 fully saturated rings. The van der Waals surface area contributed by atoms with E-state index < -0.39 is 0 Å². The number of allylic oxidation sites excluding steroid dienone is 1. The van der Waals surface area contributed by atoms with Gasteiger partial charge in [-0.25, -0.2) is 4.98 Å². The van der Waals surface area contributed by atoms with E-state index in [2.05, 4.69) is 15.3 Å². The Morgan fingerprint density at radius 3 is 2.69 bits per heavy atom. The van der Waals surface area contributed by atoms with Crippen LogP contribution in [0.2, 0.25) is 0 Å². The normalized spacial score (nSPS) is 12.2. The summed E-state index contributed by atoms with van der Waals surface area (Å²) in [6.07, 6.45) is 3.51. The third-order valence-corrected chi connectivity index (χ3v) is 5.79. The molecular formula is C28H34N4O3. The minimum atomic E-state index is -0.0866. The second kappa shape index (κ2) is 11.6. The van der Waals surface area contributed by atoms with Crippen LogP contribution in [0.25, 0.3) is 16.6 Å². The number of nitrogens with zero attached hydrogens (tertiary/aromatic N) is 3. The van der Waals surface area contributed by atoms with Gasteiger partial charge in [-0.3, -0.25) is 14.8 Å². The summed E-state index contributed by atoms with van der Waals surface area (Å²) in [5.41, 5.74) is 6.10. The van der Waals surface area contributed by atoms with Crippen molar-refractivity contribution in [1.82, 2.24) is 15.3 Å². The van der Waals surface area contributed by atoms with Crippen LogP contribution < -0.4 is 10.1 Å². The lowest BCUT2D eigenvalue weighted by molar-refractivity contribution is -0.124. The molecular weight excluding hydrogens is 440 g/mol. The number of aromatic nitrogens is 2. The maximum absolute atomic E-state index is 12.1. The summed E-state index contributed by atoms with van der Waals surface area (Å²) >= 11 is 0. The molecule has 7 nitrogen and oxygen atoms in total. The van der Waals surface area contributed by atoms with Crippen molar-refractivity contribution in [2.45, 2.75) is 54.7 Å². The lowest BCUT2D eigenvalue weighted by atomic mass is 10.0. The lowest BCUT2D eigenvalue weighted by Crippen LogP contribution is -2.28. The van der Waals surface area contributed by atoms with Gasteiger partial charge in [0.1, 0.15) is 29.3 Å². The fourth-order valence-corrected chi connectivity index (χ4v) is 3.76. The largest absolute Gasteiger partial charge is 0.499 e. The third kappa shape index (κ3) is 6.04. The van der Waals surface area contributed by atoms with Crippen LogP contribution in [-0.4, -0.2) is 29.2 Å². The van der Waals surface area contributed by atoms with Gasteiger partial charge in [0.2, 0.25) is 5.91 Å². The number of ether oxygens (including phenoxy) is 2. The van der Waals surface area contributed by atoms with Crippen molar-refractivity contribution in [3.05, 3.63) is 70.4 Å². The number of para-hydroxylation sites is 1. The number of methoxy groups -OCH3 is 1. The fourth-order valence-electron chi connectivity index (χ4n) is 3.76. The number of carbonyl (C=O) groups excluding carboxylic acids is 1. The highest BCUT2D eigenvalue weighted by Gasteiger charge is 2.16. The van der Waals surface area contributed by atoms with Crippen LogP contribution in [0.4, 0.5) is 0 Å². The van der Waals surface area contributed by atoms with Crippen molar-refractivity contribution in [2.24, 2.45) is 10.9 Å². The maximum Gasteiger partial charge on any atom is 0.222 e. The molecule has 7 heteroatoms. The Kier molecular flexibility index (Phi) is 8.58. The summed E-state index contributed by atoms with van der Waals surface area (Å²) in [4.78, 5) is 25.9. The first-order chi connectivity index (χ1) is 16.8. The van der Waals surface area contributed by atoms with Gasteiger partial charge in [-0.2, -0.15) is 0 Å². The van der Waals surface area contributed by atoms with Crippen LogP contribution >= 0.6 is 0 Å². The van der Waals surface area contributed by atoms with Crippen LogP contribution in [0.1, 0.15) is 55.8 Å². The Morgan fingerprint density at radius 2 is 2.00 bits per heavy atom. The predicted molar refractivity (Wildman–Crippen MR) is 140 cm³/mol. The number of hydrogen-bond donors (Lipinski definition) is 1. The summed E-state index contributed by atoms with van der Waals surface area (Å²) in [7, 11) is 1.64. The smallest absolute Gasteiger partial charge is 0.222 e. The molecule has 0 radical (unpaired) electrons. The van der Waals surface area contributed by atoms with Gasteiger partial charge in [-0.1, -0.05) is 26.0 Å². The second-order valence-corrected chi connectivity index (χ2v) is 8.67. The van der Waals surface area contributed by atoms with Crippen molar-refractivity contribution in [1.29, 1.82) is 0 Å². The number of rotatable bonds is 9. The molecule has 3 rings (SSSR count). The molecule has 0 spiro atoms. The molecule has 0 bridgehead atoms. The molecule has 0 aliphatic carbocycles. The van der Waals surface area contributed by atoms with Crippen LogP contribution in [-0.2, 0) is 22.7 Å². The number of aryl methyl sites for hydroxylation is 2. The highest BCUT2D eigenvalue weighted by atomic mass is 16.5. The highest BCUT2D eigenvalue weighted by molar-refractivity contribution is 5.96. The first kappa shape index (κ1) is 25.9. The van der Waals surface area contributed by atoms with E-state index in [-0.39, 0.29) is 11.8 Å². The molecule has 0 saturated carbocycles. The quantitative estimate of drug-likeness (QED) is 0.326. The number of fused-ring (bicyclic) bond motifs is 1. The molecule has 1 N–H and O–H groups in total. The first-order valence-electron chi connectivity index (χ1n) is 11.7. The van der Waals surface area contributed by atoms with E-state index in [4.69, 9.17) is 14.5 Å². The first-order valence-corrected chi connectivity index (χ1v) is 11.7. The summed E-state index contributed by atoms with van der Waals surface area (Å²) in [5.74, 6) is 1.30. The molecule has 0 unspecified atom stereocenters. The number of pyridine rings is 2. The number of amides is 1. The second-order valence-electron chi connectivity index (χ2n) is 8.67. The maximum atomic E-state index is 12.1. The molecule has 184 valence electrons. The van der Waals surface area contributed by atoms with E-state index >= 15 is 0 Å². The van der Waals surface area contributed by atoms with Crippen molar-refractivity contribution in [2.75, 3.05) is 7.11 Å². The molecule has 2 aromatic heterocycles. The van der Waals surface area contributed by atoms with Gasteiger partial charge in [0, 0.05) is 40.5 Å². The van der Waals surface area contributed by atoms with Crippen molar-refractivity contribution < 1.29 is 14.3 Å². The zero-order valence-electron chi connectivity index (χ0n) is 21.6. The molecule has 3 aromatic rings. The molecule has 0 aliphatic heterocycles.